The van der Waals surface area contributed by atoms with Crippen molar-refractivity contribution in [2.75, 3.05) is 26.2 Å². The number of rotatable bonds is 2. The molecule has 1 aliphatic rings. The Kier molecular flexibility index (Phi) is 3.41. The molecule has 11 heavy (non-hydrogen) atoms. The van der Waals surface area contributed by atoms with Crippen LogP contribution in [0.2, 0.25) is 0 Å². The summed E-state index contributed by atoms with van der Waals surface area (Å²) in [7, 11) is 0. The van der Waals surface area contributed by atoms with Gasteiger partial charge in [-0.1, -0.05) is 0 Å². The van der Waals surface area contributed by atoms with Crippen LogP contribution in [0.15, 0.2) is 0 Å². The van der Waals surface area contributed by atoms with Crippen LogP contribution in [0.3, 0.4) is 0 Å². The molecule has 0 aliphatic carbocycles. The lowest BCUT2D eigenvalue weighted by Crippen LogP contribution is -2.49. The van der Waals surface area contributed by atoms with Crippen LogP contribution in [0, 0.1) is 12.3 Å². The Bertz CT molecular complexity index is 148. The lowest BCUT2D eigenvalue weighted by Gasteiger charge is -2.33. The van der Waals surface area contributed by atoms with Gasteiger partial charge in [-0.3, -0.25) is 4.90 Å². The van der Waals surface area contributed by atoms with Crippen molar-refractivity contribution in [3.8, 4) is 12.3 Å². The third kappa shape index (κ3) is 2.53. The van der Waals surface area contributed by atoms with E-state index in [0.29, 0.717) is 6.04 Å². The van der Waals surface area contributed by atoms with Crippen LogP contribution in [-0.2, 0) is 0 Å². The predicted octanol–water partition coefficient (Wildman–Crippen LogP) is 0.303. The molecule has 0 bridgehead atoms. The first-order chi connectivity index (χ1) is 5.34. The van der Waals surface area contributed by atoms with Gasteiger partial charge in [0.15, 0.2) is 0 Å². The molecule has 2 nitrogen and oxygen atoms in total. The van der Waals surface area contributed by atoms with Crippen molar-refractivity contribution >= 4 is 0 Å². The number of hydrogen-bond donors (Lipinski definition) is 1. The Morgan fingerprint density at radius 3 is 3.18 bits per heavy atom. The summed E-state index contributed by atoms with van der Waals surface area (Å²) in [5.41, 5.74) is 0. The lowest BCUT2D eigenvalue weighted by molar-refractivity contribution is 0.178. The Labute approximate surface area is 69.0 Å². The molecule has 1 saturated heterocycles. The summed E-state index contributed by atoms with van der Waals surface area (Å²) in [5, 5.41) is 3.35. The molecule has 0 aromatic rings. The maximum Gasteiger partial charge on any atom is 0.0214 e. The monoisotopic (exact) mass is 152 g/mol. The van der Waals surface area contributed by atoms with Crippen molar-refractivity contribution in [2.45, 2.75) is 19.4 Å². The Morgan fingerprint density at radius 1 is 1.73 bits per heavy atom. The molecule has 0 spiro atoms. The van der Waals surface area contributed by atoms with Gasteiger partial charge < -0.3 is 5.32 Å². The van der Waals surface area contributed by atoms with Crippen molar-refractivity contribution < 1.29 is 0 Å². The van der Waals surface area contributed by atoms with E-state index < -0.39 is 0 Å². The zero-order valence-electron chi connectivity index (χ0n) is 7.14. The van der Waals surface area contributed by atoms with Crippen LogP contribution in [0.25, 0.3) is 0 Å². The molecule has 1 aliphatic heterocycles. The van der Waals surface area contributed by atoms with E-state index in [2.05, 4.69) is 23.1 Å². The van der Waals surface area contributed by atoms with Gasteiger partial charge in [0.2, 0.25) is 0 Å². The predicted molar refractivity (Wildman–Crippen MR) is 47.4 cm³/mol. The van der Waals surface area contributed by atoms with Gasteiger partial charge in [0.05, 0.1) is 0 Å². The molecular formula is C9H16N2. The largest absolute Gasteiger partial charge is 0.314 e. The Hall–Kier alpha value is -0.520. The minimum Gasteiger partial charge on any atom is -0.314 e. The molecule has 1 atom stereocenters. The van der Waals surface area contributed by atoms with Crippen LogP contribution >= 0.6 is 0 Å². The van der Waals surface area contributed by atoms with E-state index in [1.807, 2.05) is 0 Å². The summed E-state index contributed by atoms with van der Waals surface area (Å²) in [6.45, 7) is 6.64. The first kappa shape index (κ1) is 8.58. The molecule has 0 saturated carbocycles. The normalized spacial score (nSPS) is 26.4. The highest BCUT2D eigenvalue weighted by molar-refractivity contribution is 4.86. The van der Waals surface area contributed by atoms with Crippen molar-refractivity contribution in [1.29, 1.82) is 0 Å². The number of nitrogens with one attached hydrogen (secondary N) is 1. The molecule has 0 radical (unpaired) electrons. The molecule has 2 heteroatoms. The summed E-state index contributed by atoms with van der Waals surface area (Å²) in [6, 6.07) is 0.650. The molecule has 0 amide bonds. The molecule has 0 aromatic carbocycles. The van der Waals surface area contributed by atoms with Crippen LogP contribution in [0.4, 0.5) is 0 Å². The van der Waals surface area contributed by atoms with Crippen molar-refractivity contribution in [3.05, 3.63) is 0 Å². The summed E-state index contributed by atoms with van der Waals surface area (Å²) < 4.78 is 0. The van der Waals surface area contributed by atoms with Gasteiger partial charge >= 0.3 is 0 Å². The van der Waals surface area contributed by atoms with Crippen LogP contribution < -0.4 is 5.32 Å². The summed E-state index contributed by atoms with van der Waals surface area (Å²) >= 11 is 0. The summed E-state index contributed by atoms with van der Waals surface area (Å²) in [5.74, 6) is 2.67. The molecule has 1 fully saturated rings. The molecule has 0 aromatic heterocycles. The fourth-order valence-electron chi connectivity index (χ4n) is 1.42. The second kappa shape index (κ2) is 4.38. The number of hydrogen-bond acceptors (Lipinski definition) is 2. The third-order valence-corrected chi connectivity index (χ3v) is 2.18. The molecule has 1 rings (SSSR count). The highest BCUT2D eigenvalue weighted by atomic mass is 15.2. The van der Waals surface area contributed by atoms with E-state index >= 15 is 0 Å². The van der Waals surface area contributed by atoms with Gasteiger partial charge in [0, 0.05) is 38.6 Å². The first-order valence-electron chi connectivity index (χ1n) is 4.23. The van der Waals surface area contributed by atoms with E-state index in [9.17, 15) is 0 Å². The number of piperazine rings is 1. The third-order valence-electron chi connectivity index (χ3n) is 2.18. The fourth-order valence-corrected chi connectivity index (χ4v) is 1.42. The smallest absolute Gasteiger partial charge is 0.0214 e. The Balaban J connectivity index is 2.25. The quantitative estimate of drug-likeness (QED) is 0.573. The van der Waals surface area contributed by atoms with Gasteiger partial charge in [-0.2, -0.15) is 0 Å². The van der Waals surface area contributed by atoms with Crippen molar-refractivity contribution in [2.24, 2.45) is 0 Å². The minimum atomic E-state index is 0.650. The van der Waals surface area contributed by atoms with E-state index in [1.165, 1.54) is 0 Å². The molecule has 62 valence electrons. The molecule has 0 unspecified atom stereocenters. The topological polar surface area (TPSA) is 15.3 Å². The van der Waals surface area contributed by atoms with Gasteiger partial charge in [0.25, 0.3) is 0 Å². The van der Waals surface area contributed by atoms with Crippen LogP contribution in [0.5, 0.6) is 0 Å². The summed E-state index contributed by atoms with van der Waals surface area (Å²) in [4.78, 5) is 2.44. The highest BCUT2D eigenvalue weighted by Gasteiger charge is 2.15. The number of terminal acetylenes is 1. The standard InChI is InChI=1S/C9H16N2/c1-3-4-6-11-7-5-10-8-9(11)2/h1,9-10H,4-8H2,2H3/t9-/m1/s1. The number of nitrogens with zero attached hydrogens (tertiary/aromatic N) is 1. The van der Waals surface area contributed by atoms with Crippen LogP contribution in [0.1, 0.15) is 13.3 Å². The zero-order chi connectivity index (χ0) is 8.10. The minimum absolute atomic E-state index is 0.650. The Morgan fingerprint density at radius 2 is 2.55 bits per heavy atom. The van der Waals surface area contributed by atoms with Gasteiger partial charge in [-0.15, -0.1) is 12.3 Å². The fraction of sp³-hybridized carbons (Fsp3) is 0.778. The van der Waals surface area contributed by atoms with Crippen molar-refractivity contribution in [1.82, 2.24) is 10.2 Å². The summed E-state index contributed by atoms with van der Waals surface area (Å²) in [6.07, 6.45) is 6.08. The van der Waals surface area contributed by atoms with Crippen molar-refractivity contribution in [3.63, 3.8) is 0 Å². The second-order valence-corrected chi connectivity index (χ2v) is 3.04. The van der Waals surface area contributed by atoms with E-state index in [1.54, 1.807) is 0 Å². The zero-order valence-corrected chi connectivity index (χ0v) is 7.14. The van der Waals surface area contributed by atoms with Crippen LogP contribution in [-0.4, -0.2) is 37.1 Å². The van der Waals surface area contributed by atoms with E-state index in [0.717, 1.165) is 32.6 Å². The van der Waals surface area contributed by atoms with Gasteiger partial charge in [0.1, 0.15) is 0 Å². The SMILES string of the molecule is C#CCCN1CCNC[C@H]1C. The lowest BCUT2D eigenvalue weighted by atomic mass is 10.2. The van der Waals surface area contributed by atoms with E-state index in [-0.39, 0.29) is 0 Å². The maximum absolute atomic E-state index is 5.20. The van der Waals surface area contributed by atoms with Gasteiger partial charge in [-0.05, 0) is 6.92 Å². The first-order valence-corrected chi connectivity index (χ1v) is 4.23. The highest BCUT2D eigenvalue weighted by Crippen LogP contribution is 2.01. The average molecular weight is 152 g/mol. The second-order valence-electron chi connectivity index (χ2n) is 3.04. The van der Waals surface area contributed by atoms with Gasteiger partial charge in [-0.25, -0.2) is 0 Å². The average Bonchev–Trinajstić information content (AvgIpc) is 2.03. The van der Waals surface area contributed by atoms with E-state index in [4.69, 9.17) is 6.42 Å². The molecule has 1 N–H and O–H groups in total. The molecular weight excluding hydrogens is 136 g/mol. The molecule has 1 heterocycles. The maximum atomic E-state index is 5.20.